The molecule has 0 amide bonds. The summed E-state index contributed by atoms with van der Waals surface area (Å²) in [5.74, 6) is 1.82. The van der Waals surface area contributed by atoms with Crippen molar-refractivity contribution >= 4 is 28.8 Å². The molecular formula is C15H18N2O2S. The van der Waals surface area contributed by atoms with Gasteiger partial charge < -0.3 is 9.67 Å². The average Bonchev–Trinajstić information content (AvgIpc) is 3.21. The highest BCUT2D eigenvalue weighted by Gasteiger charge is 2.30. The van der Waals surface area contributed by atoms with Crippen LogP contribution in [0.5, 0.6) is 0 Å². The molecule has 0 atom stereocenters. The number of carboxylic acids is 1. The third-order valence-electron chi connectivity index (χ3n) is 3.71. The van der Waals surface area contributed by atoms with E-state index in [1.54, 1.807) is 6.07 Å². The Morgan fingerprint density at radius 1 is 1.50 bits per heavy atom. The topological polar surface area (TPSA) is 55.1 Å². The van der Waals surface area contributed by atoms with E-state index in [2.05, 4.69) is 15.8 Å². The molecular weight excluding hydrogens is 272 g/mol. The fraction of sp³-hybridized carbons (Fsp3) is 0.467. The van der Waals surface area contributed by atoms with Crippen molar-refractivity contribution in [3.63, 3.8) is 0 Å². The van der Waals surface area contributed by atoms with E-state index in [-0.39, 0.29) is 0 Å². The molecule has 1 N–H and O–H groups in total. The van der Waals surface area contributed by atoms with Gasteiger partial charge in [-0.3, -0.25) is 0 Å². The number of carbonyl (C=O) groups is 1. The lowest BCUT2D eigenvalue weighted by atomic mass is 10.2. The Morgan fingerprint density at radius 3 is 2.95 bits per heavy atom. The van der Waals surface area contributed by atoms with Crippen LogP contribution in [0, 0.1) is 0 Å². The average molecular weight is 290 g/mol. The second kappa shape index (κ2) is 5.48. The number of imidazole rings is 1. The Hall–Kier alpha value is -1.49. The fourth-order valence-corrected chi connectivity index (χ4v) is 3.01. The molecule has 20 heavy (non-hydrogen) atoms. The van der Waals surface area contributed by atoms with E-state index in [0.717, 1.165) is 30.1 Å². The minimum atomic E-state index is -0.897. The van der Waals surface area contributed by atoms with Gasteiger partial charge >= 0.3 is 5.97 Å². The summed E-state index contributed by atoms with van der Waals surface area (Å²) in [6, 6.07) is 5.44. The number of thioether (sulfide) groups is 1. The predicted molar refractivity (Wildman–Crippen MR) is 81.7 cm³/mol. The van der Waals surface area contributed by atoms with Gasteiger partial charge in [0.2, 0.25) is 0 Å². The maximum absolute atomic E-state index is 11.3. The van der Waals surface area contributed by atoms with Crippen molar-refractivity contribution in [3.8, 4) is 0 Å². The van der Waals surface area contributed by atoms with Gasteiger partial charge in [-0.15, -0.1) is 0 Å². The Balaban J connectivity index is 2.07. The van der Waals surface area contributed by atoms with Crippen LogP contribution in [-0.4, -0.2) is 32.6 Å². The Bertz CT molecular complexity index is 647. The highest BCUT2D eigenvalue weighted by molar-refractivity contribution is 7.98. The number of aryl methyl sites for hydroxylation is 1. The Morgan fingerprint density at radius 2 is 2.30 bits per heavy atom. The minimum Gasteiger partial charge on any atom is -0.478 e. The fourth-order valence-electron chi connectivity index (χ4n) is 2.59. The van der Waals surface area contributed by atoms with Gasteiger partial charge in [0.25, 0.3) is 0 Å². The zero-order valence-electron chi connectivity index (χ0n) is 11.5. The van der Waals surface area contributed by atoms with Crippen molar-refractivity contribution in [2.45, 2.75) is 31.7 Å². The normalized spacial score (nSPS) is 14.8. The number of hydrogen-bond donors (Lipinski definition) is 1. The molecule has 5 heteroatoms. The van der Waals surface area contributed by atoms with Gasteiger partial charge in [-0.05, 0) is 43.4 Å². The zero-order valence-corrected chi connectivity index (χ0v) is 12.3. The molecule has 0 unspecified atom stereocenters. The molecule has 1 aromatic heterocycles. The second-order valence-corrected chi connectivity index (χ2v) is 6.21. The van der Waals surface area contributed by atoms with E-state index in [1.165, 1.54) is 12.8 Å². The predicted octanol–water partition coefficient (Wildman–Crippen LogP) is 3.37. The number of fused-ring (bicyclic) bond motifs is 1. The van der Waals surface area contributed by atoms with E-state index in [9.17, 15) is 9.90 Å². The molecule has 1 aromatic carbocycles. The van der Waals surface area contributed by atoms with Gasteiger partial charge in [0.1, 0.15) is 11.3 Å². The smallest absolute Gasteiger partial charge is 0.337 e. The van der Waals surface area contributed by atoms with E-state index >= 15 is 0 Å². The van der Waals surface area contributed by atoms with Crippen molar-refractivity contribution in [3.05, 3.63) is 29.6 Å². The quantitative estimate of drug-likeness (QED) is 0.829. The van der Waals surface area contributed by atoms with Crippen LogP contribution in [0.2, 0.25) is 0 Å². The summed E-state index contributed by atoms with van der Waals surface area (Å²) in [4.78, 5) is 16.0. The van der Waals surface area contributed by atoms with Crippen molar-refractivity contribution in [2.24, 2.45) is 0 Å². The molecule has 1 aliphatic rings. The van der Waals surface area contributed by atoms with E-state index in [0.29, 0.717) is 17.0 Å². The first-order chi connectivity index (χ1) is 9.72. The Kier molecular flexibility index (Phi) is 3.70. The summed E-state index contributed by atoms with van der Waals surface area (Å²) in [7, 11) is 0. The lowest BCUT2D eigenvalue weighted by Gasteiger charge is -2.08. The van der Waals surface area contributed by atoms with Gasteiger partial charge in [0.05, 0.1) is 11.1 Å². The molecule has 0 bridgehead atoms. The van der Waals surface area contributed by atoms with Gasteiger partial charge in [0.15, 0.2) is 0 Å². The third kappa shape index (κ3) is 2.42. The van der Waals surface area contributed by atoms with Gasteiger partial charge in [-0.25, -0.2) is 9.78 Å². The monoisotopic (exact) mass is 290 g/mol. The maximum Gasteiger partial charge on any atom is 0.337 e. The summed E-state index contributed by atoms with van der Waals surface area (Å²) in [5.41, 5.74) is 1.92. The molecule has 0 spiro atoms. The van der Waals surface area contributed by atoms with Crippen LogP contribution in [0.15, 0.2) is 18.2 Å². The summed E-state index contributed by atoms with van der Waals surface area (Å²) in [5, 5.41) is 9.30. The first-order valence-electron chi connectivity index (χ1n) is 6.93. The van der Waals surface area contributed by atoms with E-state index in [1.807, 2.05) is 23.9 Å². The molecule has 1 saturated carbocycles. The van der Waals surface area contributed by atoms with E-state index < -0.39 is 5.97 Å². The molecule has 106 valence electrons. The zero-order chi connectivity index (χ0) is 14.1. The van der Waals surface area contributed by atoms with Crippen molar-refractivity contribution < 1.29 is 9.90 Å². The largest absolute Gasteiger partial charge is 0.478 e. The number of nitrogens with zero attached hydrogens (tertiary/aromatic N) is 2. The van der Waals surface area contributed by atoms with Gasteiger partial charge in [0, 0.05) is 12.5 Å². The Labute approximate surface area is 122 Å². The minimum absolute atomic E-state index is 0.313. The van der Waals surface area contributed by atoms with Crippen LogP contribution in [0.1, 0.15) is 41.4 Å². The van der Waals surface area contributed by atoms with Crippen LogP contribution in [-0.2, 0) is 6.54 Å². The van der Waals surface area contributed by atoms with Crippen molar-refractivity contribution in [2.75, 3.05) is 12.0 Å². The number of aromatic carboxylic acids is 1. The number of carboxylic acid groups (broad SMARTS) is 1. The van der Waals surface area contributed by atoms with Crippen molar-refractivity contribution in [1.82, 2.24) is 9.55 Å². The summed E-state index contributed by atoms with van der Waals surface area (Å²) >= 11 is 1.84. The number of para-hydroxylation sites is 1. The first-order valence-corrected chi connectivity index (χ1v) is 8.33. The highest BCUT2D eigenvalue weighted by atomic mass is 32.2. The molecule has 0 radical (unpaired) electrons. The third-order valence-corrected chi connectivity index (χ3v) is 4.41. The molecule has 0 saturated heterocycles. The number of rotatable bonds is 6. The van der Waals surface area contributed by atoms with Gasteiger partial charge in [-0.1, -0.05) is 6.07 Å². The van der Waals surface area contributed by atoms with Crippen LogP contribution in [0.25, 0.3) is 11.0 Å². The molecule has 1 aliphatic carbocycles. The lowest BCUT2D eigenvalue weighted by Crippen LogP contribution is -2.04. The SMILES string of the molecule is CSCCCn1c(C2CC2)nc2c(C(=O)O)cccc21. The van der Waals surface area contributed by atoms with Crippen LogP contribution >= 0.6 is 11.8 Å². The first kappa shape index (κ1) is 13.5. The molecule has 3 rings (SSSR count). The number of hydrogen-bond acceptors (Lipinski definition) is 3. The number of benzene rings is 1. The lowest BCUT2D eigenvalue weighted by molar-refractivity contribution is 0.0699. The highest BCUT2D eigenvalue weighted by Crippen LogP contribution is 2.41. The van der Waals surface area contributed by atoms with Crippen LogP contribution in [0.3, 0.4) is 0 Å². The molecule has 1 fully saturated rings. The maximum atomic E-state index is 11.3. The molecule has 2 aromatic rings. The summed E-state index contributed by atoms with van der Waals surface area (Å²) < 4.78 is 2.23. The molecule has 4 nitrogen and oxygen atoms in total. The van der Waals surface area contributed by atoms with Crippen molar-refractivity contribution in [1.29, 1.82) is 0 Å². The summed E-state index contributed by atoms with van der Waals surface area (Å²) in [6.45, 7) is 0.923. The second-order valence-electron chi connectivity index (χ2n) is 5.22. The number of aromatic nitrogens is 2. The molecule has 0 aliphatic heterocycles. The van der Waals surface area contributed by atoms with E-state index in [4.69, 9.17) is 0 Å². The molecule has 1 heterocycles. The van der Waals surface area contributed by atoms with Crippen LogP contribution in [0.4, 0.5) is 0 Å². The standard InChI is InChI=1S/C15H18N2O2S/c1-20-9-3-8-17-12-5-2-4-11(15(18)19)13(12)16-14(17)10-6-7-10/h2,4-5,10H,3,6-9H2,1H3,(H,18,19). The van der Waals surface area contributed by atoms with Crippen LogP contribution < -0.4 is 0 Å². The van der Waals surface area contributed by atoms with Gasteiger partial charge in [-0.2, -0.15) is 11.8 Å². The summed E-state index contributed by atoms with van der Waals surface area (Å²) in [6.07, 6.45) is 5.54.